The third kappa shape index (κ3) is 4.99. The summed E-state index contributed by atoms with van der Waals surface area (Å²) in [6.45, 7) is 0. The van der Waals surface area contributed by atoms with Gasteiger partial charge in [0.25, 0.3) is 15.9 Å². The molecule has 0 bridgehead atoms. The van der Waals surface area contributed by atoms with Gasteiger partial charge in [0.1, 0.15) is 0 Å². The summed E-state index contributed by atoms with van der Waals surface area (Å²) in [7, 11) is -2.23. The molecule has 0 unspecified atom stereocenters. The van der Waals surface area contributed by atoms with Crippen LogP contribution in [0.25, 0.3) is 0 Å². The highest BCUT2D eigenvalue weighted by atomic mass is 35.5. The highest BCUT2D eigenvalue weighted by Gasteiger charge is 2.21. The lowest BCUT2D eigenvalue weighted by Crippen LogP contribution is -2.26. The maximum absolute atomic E-state index is 12.7. The number of hydrogen-bond acceptors (Lipinski definition) is 4. The largest absolute Gasteiger partial charge is 0.271 e. The van der Waals surface area contributed by atoms with Crippen molar-refractivity contribution in [1.29, 1.82) is 0 Å². The number of nitrogens with zero attached hydrogens (tertiary/aromatic N) is 2. The van der Waals surface area contributed by atoms with E-state index in [2.05, 4.69) is 10.5 Å². The van der Waals surface area contributed by atoms with Crippen molar-refractivity contribution in [3.05, 3.63) is 94.0 Å². The van der Waals surface area contributed by atoms with Crippen LogP contribution in [-0.2, 0) is 10.0 Å². The molecule has 0 saturated carbocycles. The van der Waals surface area contributed by atoms with Gasteiger partial charge in [-0.1, -0.05) is 47.5 Å². The van der Waals surface area contributed by atoms with E-state index >= 15 is 0 Å². The second-order valence-corrected chi connectivity index (χ2v) is 9.01. The van der Waals surface area contributed by atoms with E-state index in [-0.39, 0.29) is 4.90 Å². The summed E-state index contributed by atoms with van der Waals surface area (Å²) >= 11 is 11.9. The number of carbonyl (C=O) groups is 1. The summed E-state index contributed by atoms with van der Waals surface area (Å²) < 4.78 is 26.5. The average Bonchev–Trinajstić information content (AvgIpc) is 2.75. The van der Waals surface area contributed by atoms with Crippen molar-refractivity contribution in [3.63, 3.8) is 0 Å². The fourth-order valence-corrected chi connectivity index (χ4v) is 4.22. The predicted molar refractivity (Wildman–Crippen MR) is 120 cm³/mol. The normalized spacial score (nSPS) is 11.4. The SMILES string of the molecule is CN(c1ccc(C(=O)N/N=C/c2ccc(Cl)cc2Cl)cc1)S(=O)(=O)c1ccccc1. The highest BCUT2D eigenvalue weighted by Crippen LogP contribution is 2.22. The molecular formula is C21H17Cl2N3O3S. The molecule has 0 aliphatic carbocycles. The molecule has 3 rings (SSSR count). The minimum Gasteiger partial charge on any atom is -0.269 e. The van der Waals surface area contributed by atoms with E-state index in [0.717, 1.165) is 4.31 Å². The summed E-state index contributed by atoms with van der Waals surface area (Å²) in [5.74, 6) is -0.448. The molecule has 0 aromatic heterocycles. The van der Waals surface area contributed by atoms with Gasteiger partial charge in [0.15, 0.2) is 0 Å². The van der Waals surface area contributed by atoms with Crippen LogP contribution in [-0.4, -0.2) is 27.6 Å². The maximum atomic E-state index is 12.7. The van der Waals surface area contributed by atoms with Gasteiger partial charge >= 0.3 is 0 Å². The van der Waals surface area contributed by atoms with Gasteiger partial charge < -0.3 is 0 Å². The minimum absolute atomic E-state index is 0.185. The Balaban J connectivity index is 1.69. The predicted octanol–water partition coefficient (Wildman–Crippen LogP) is 4.58. The third-order valence-electron chi connectivity index (χ3n) is 4.23. The quantitative estimate of drug-likeness (QED) is 0.430. The molecule has 0 aliphatic heterocycles. The first-order valence-corrected chi connectivity index (χ1v) is 10.9. The van der Waals surface area contributed by atoms with E-state index in [9.17, 15) is 13.2 Å². The lowest BCUT2D eigenvalue weighted by molar-refractivity contribution is 0.0955. The van der Waals surface area contributed by atoms with Crippen LogP contribution in [0.5, 0.6) is 0 Å². The second kappa shape index (κ2) is 9.30. The van der Waals surface area contributed by atoms with Gasteiger partial charge in [0.2, 0.25) is 0 Å². The maximum Gasteiger partial charge on any atom is 0.271 e. The minimum atomic E-state index is -3.69. The molecule has 3 aromatic carbocycles. The van der Waals surface area contributed by atoms with Crippen LogP contribution >= 0.6 is 23.2 Å². The number of carbonyl (C=O) groups excluding carboxylic acids is 1. The first-order chi connectivity index (χ1) is 14.3. The Morgan fingerprint density at radius 3 is 2.30 bits per heavy atom. The Labute approximate surface area is 184 Å². The molecule has 154 valence electrons. The molecule has 1 amide bonds. The number of nitrogens with one attached hydrogen (secondary N) is 1. The Bertz CT molecular complexity index is 1180. The molecule has 0 radical (unpaired) electrons. The molecular weight excluding hydrogens is 445 g/mol. The monoisotopic (exact) mass is 461 g/mol. The summed E-state index contributed by atoms with van der Waals surface area (Å²) in [5.41, 5.74) is 3.75. The van der Waals surface area contributed by atoms with Gasteiger partial charge in [-0.25, -0.2) is 13.8 Å². The van der Waals surface area contributed by atoms with E-state index < -0.39 is 15.9 Å². The number of hydrogen-bond donors (Lipinski definition) is 1. The van der Waals surface area contributed by atoms with Gasteiger partial charge in [0, 0.05) is 23.2 Å². The van der Waals surface area contributed by atoms with E-state index in [1.165, 1.54) is 37.5 Å². The van der Waals surface area contributed by atoms with E-state index in [4.69, 9.17) is 23.2 Å². The van der Waals surface area contributed by atoms with Crippen LogP contribution in [0, 0.1) is 0 Å². The number of sulfonamides is 1. The van der Waals surface area contributed by atoms with Crippen molar-refractivity contribution in [2.45, 2.75) is 4.90 Å². The third-order valence-corrected chi connectivity index (χ3v) is 6.59. The second-order valence-electron chi connectivity index (χ2n) is 6.20. The zero-order chi connectivity index (χ0) is 21.7. The first-order valence-electron chi connectivity index (χ1n) is 8.71. The number of amides is 1. The lowest BCUT2D eigenvalue weighted by Gasteiger charge is -2.19. The van der Waals surface area contributed by atoms with Crippen LogP contribution < -0.4 is 9.73 Å². The van der Waals surface area contributed by atoms with E-state index in [1.54, 1.807) is 48.5 Å². The topological polar surface area (TPSA) is 78.8 Å². The lowest BCUT2D eigenvalue weighted by atomic mass is 10.2. The smallest absolute Gasteiger partial charge is 0.269 e. The molecule has 0 aliphatic rings. The van der Waals surface area contributed by atoms with Crippen molar-refractivity contribution in [1.82, 2.24) is 5.43 Å². The van der Waals surface area contributed by atoms with Crippen molar-refractivity contribution < 1.29 is 13.2 Å². The Kier molecular flexibility index (Phi) is 6.77. The summed E-state index contributed by atoms with van der Waals surface area (Å²) in [5, 5.41) is 4.80. The Hall–Kier alpha value is -2.87. The molecule has 0 spiro atoms. The van der Waals surface area contributed by atoms with Gasteiger partial charge in [-0.15, -0.1) is 0 Å². The number of halogens is 2. The highest BCUT2D eigenvalue weighted by molar-refractivity contribution is 7.92. The molecule has 6 nitrogen and oxygen atoms in total. The number of hydrazone groups is 1. The zero-order valence-electron chi connectivity index (χ0n) is 15.8. The fraction of sp³-hybridized carbons (Fsp3) is 0.0476. The van der Waals surface area contributed by atoms with Crippen LogP contribution in [0.3, 0.4) is 0 Å². The molecule has 0 atom stereocenters. The first kappa shape index (κ1) is 21.8. The molecule has 9 heteroatoms. The molecule has 0 fully saturated rings. The van der Waals surface area contributed by atoms with Crippen LogP contribution in [0.4, 0.5) is 5.69 Å². The standard InChI is InChI=1S/C21H17Cl2N3O3S/c1-26(30(28,29)19-5-3-2-4-6-19)18-11-8-15(9-12-18)21(27)25-24-14-16-7-10-17(22)13-20(16)23/h2-14H,1H3,(H,25,27)/b24-14+. The summed E-state index contributed by atoms with van der Waals surface area (Å²) in [6.07, 6.45) is 1.41. The fourth-order valence-electron chi connectivity index (χ4n) is 2.54. The van der Waals surface area contributed by atoms with Gasteiger partial charge in [0.05, 0.1) is 21.8 Å². The summed E-state index contributed by atoms with van der Waals surface area (Å²) in [6, 6.07) is 19.2. The Morgan fingerprint density at radius 2 is 1.67 bits per heavy atom. The number of benzene rings is 3. The van der Waals surface area contributed by atoms with E-state index in [0.29, 0.717) is 26.9 Å². The van der Waals surface area contributed by atoms with E-state index in [1.807, 2.05) is 0 Å². The average molecular weight is 462 g/mol. The Morgan fingerprint density at radius 1 is 1.00 bits per heavy atom. The van der Waals surface area contributed by atoms with Crippen molar-refractivity contribution in [2.75, 3.05) is 11.4 Å². The molecule has 1 N–H and O–H groups in total. The number of rotatable bonds is 6. The molecule has 3 aromatic rings. The summed E-state index contributed by atoms with van der Waals surface area (Å²) in [4.78, 5) is 12.4. The van der Waals surface area contributed by atoms with Crippen LogP contribution in [0.15, 0.2) is 82.8 Å². The van der Waals surface area contributed by atoms with Gasteiger partial charge in [-0.3, -0.25) is 9.10 Å². The van der Waals surface area contributed by atoms with Crippen LogP contribution in [0.2, 0.25) is 10.0 Å². The molecule has 30 heavy (non-hydrogen) atoms. The van der Waals surface area contributed by atoms with Crippen molar-refractivity contribution in [3.8, 4) is 0 Å². The van der Waals surface area contributed by atoms with Gasteiger partial charge in [-0.05, 0) is 48.5 Å². The zero-order valence-corrected chi connectivity index (χ0v) is 18.1. The number of anilines is 1. The molecule has 0 heterocycles. The van der Waals surface area contributed by atoms with Crippen molar-refractivity contribution in [2.24, 2.45) is 5.10 Å². The van der Waals surface area contributed by atoms with Crippen LogP contribution in [0.1, 0.15) is 15.9 Å². The molecule has 0 saturated heterocycles. The van der Waals surface area contributed by atoms with Gasteiger partial charge in [-0.2, -0.15) is 5.10 Å². The van der Waals surface area contributed by atoms with Crippen molar-refractivity contribution >= 4 is 51.0 Å².